The molecule has 2 amide bonds. The van der Waals surface area contributed by atoms with Crippen molar-refractivity contribution in [3.8, 4) is 0 Å². The zero-order valence-electron chi connectivity index (χ0n) is 15.7. The number of rotatable bonds is 5. The lowest BCUT2D eigenvalue weighted by Crippen LogP contribution is -2.35. The number of hydrogen-bond acceptors (Lipinski definition) is 3. The molecule has 1 fully saturated rings. The summed E-state index contributed by atoms with van der Waals surface area (Å²) in [5, 5.41) is 12.7. The third-order valence-electron chi connectivity index (χ3n) is 5.16. The molecule has 2 N–H and O–H groups in total. The molecule has 1 aliphatic rings. The molecule has 28 heavy (non-hydrogen) atoms. The molecule has 148 valence electrons. The first kappa shape index (κ1) is 19.9. The summed E-state index contributed by atoms with van der Waals surface area (Å²) in [4.78, 5) is 26.5. The van der Waals surface area contributed by atoms with Gasteiger partial charge in [0.15, 0.2) is 11.6 Å². The van der Waals surface area contributed by atoms with E-state index in [9.17, 15) is 23.5 Å². The number of benzene rings is 2. The van der Waals surface area contributed by atoms with Crippen molar-refractivity contribution in [3.05, 3.63) is 64.7 Å². The van der Waals surface area contributed by atoms with Crippen molar-refractivity contribution >= 4 is 17.5 Å². The highest BCUT2D eigenvalue weighted by molar-refractivity contribution is 6.00. The van der Waals surface area contributed by atoms with Crippen molar-refractivity contribution in [1.29, 1.82) is 0 Å². The van der Waals surface area contributed by atoms with Crippen LogP contribution in [0.15, 0.2) is 36.4 Å². The zero-order chi connectivity index (χ0) is 20.4. The lowest BCUT2D eigenvalue weighted by Gasteiger charge is -2.20. The summed E-state index contributed by atoms with van der Waals surface area (Å²) in [6, 6.07) is 8.77. The average molecular weight is 388 g/mol. The summed E-state index contributed by atoms with van der Waals surface area (Å²) >= 11 is 0. The van der Waals surface area contributed by atoms with Crippen molar-refractivity contribution in [2.45, 2.75) is 26.4 Å². The topological polar surface area (TPSA) is 69.6 Å². The molecule has 1 heterocycles. The number of nitrogens with one attached hydrogen (secondary N) is 1. The molecule has 0 bridgehead atoms. The Bertz CT molecular complexity index is 917. The predicted molar refractivity (Wildman–Crippen MR) is 101 cm³/mol. The molecule has 7 heteroatoms. The Morgan fingerprint density at radius 1 is 1.25 bits per heavy atom. The van der Waals surface area contributed by atoms with E-state index in [1.54, 1.807) is 4.90 Å². The number of nitrogens with zero attached hydrogens (tertiary/aromatic N) is 1. The van der Waals surface area contributed by atoms with Crippen LogP contribution in [0.5, 0.6) is 0 Å². The first-order valence-electron chi connectivity index (χ1n) is 9.05. The molecular weight excluding hydrogens is 366 g/mol. The first-order chi connectivity index (χ1) is 13.3. The zero-order valence-corrected chi connectivity index (χ0v) is 15.7. The van der Waals surface area contributed by atoms with Gasteiger partial charge in [0.05, 0.1) is 12.0 Å². The monoisotopic (exact) mass is 388 g/mol. The molecule has 1 saturated heterocycles. The van der Waals surface area contributed by atoms with Gasteiger partial charge in [0, 0.05) is 25.2 Å². The summed E-state index contributed by atoms with van der Waals surface area (Å²) < 4.78 is 26.3. The summed E-state index contributed by atoms with van der Waals surface area (Å²) in [7, 11) is 0. The maximum absolute atomic E-state index is 13.3. The van der Waals surface area contributed by atoms with Gasteiger partial charge >= 0.3 is 0 Å². The van der Waals surface area contributed by atoms with Crippen molar-refractivity contribution in [2.24, 2.45) is 5.92 Å². The highest BCUT2D eigenvalue weighted by Crippen LogP contribution is 2.29. The van der Waals surface area contributed by atoms with Crippen LogP contribution in [0, 0.1) is 31.4 Å². The molecule has 1 aliphatic heterocycles. The molecule has 5 nitrogen and oxygen atoms in total. The number of carbonyl (C=O) groups is 2. The van der Waals surface area contributed by atoms with Crippen LogP contribution in [-0.4, -0.2) is 30.0 Å². The Morgan fingerprint density at radius 3 is 2.71 bits per heavy atom. The smallest absolute Gasteiger partial charge is 0.227 e. The van der Waals surface area contributed by atoms with Crippen molar-refractivity contribution < 1.29 is 23.5 Å². The van der Waals surface area contributed by atoms with Crippen LogP contribution >= 0.6 is 0 Å². The van der Waals surface area contributed by atoms with E-state index in [0.717, 1.165) is 28.9 Å². The maximum Gasteiger partial charge on any atom is 0.227 e. The number of amides is 2. The number of aliphatic hydroxyl groups excluding tert-OH is 1. The van der Waals surface area contributed by atoms with Gasteiger partial charge in [-0.1, -0.05) is 18.2 Å². The minimum absolute atomic E-state index is 0.0838. The van der Waals surface area contributed by atoms with Gasteiger partial charge < -0.3 is 15.3 Å². The second kappa shape index (κ2) is 8.06. The predicted octanol–water partition coefficient (Wildman–Crippen LogP) is 2.78. The highest BCUT2D eigenvalue weighted by atomic mass is 19.2. The molecule has 0 radical (unpaired) electrons. The molecule has 3 rings (SSSR count). The summed E-state index contributed by atoms with van der Waals surface area (Å²) in [6.07, 6.45) is -1.09. The number of aryl methyl sites for hydroxylation is 1. The fourth-order valence-electron chi connectivity index (χ4n) is 3.32. The van der Waals surface area contributed by atoms with Crippen LogP contribution in [0.3, 0.4) is 0 Å². The van der Waals surface area contributed by atoms with Gasteiger partial charge in [-0.2, -0.15) is 0 Å². The van der Waals surface area contributed by atoms with Crippen molar-refractivity contribution in [3.63, 3.8) is 0 Å². The molecule has 2 aromatic rings. The largest absolute Gasteiger partial charge is 0.387 e. The van der Waals surface area contributed by atoms with Crippen LogP contribution in [-0.2, 0) is 9.59 Å². The summed E-state index contributed by atoms with van der Waals surface area (Å²) in [5.41, 5.74) is 3.01. The first-order valence-corrected chi connectivity index (χ1v) is 9.05. The molecule has 0 aliphatic carbocycles. The van der Waals surface area contributed by atoms with E-state index >= 15 is 0 Å². The van der Waals surface area contributed by atoms with E-state index in [2.05, 4.69) is 5.32 Å². The molecule has 2 aromatic carbocycles. The number of anilines is 1. The second-order valence-electron chi connectivity index (χ2n) is 7.06. The van der Waals surface area contributed by atoms with E-state index < -0.39 is 23.7 Å². The Hall–Kier alpha value is -2.80. The SMILES string of the molecule is Cc1cccc(N2C[C@@H](C(=O)NC[C@@H](O)c3ccc(F)c(F)c3)CC2=O)c1C. The number of aliphatic hydroxyl groups is 1. The molecule has 0 spiro atoms. The molecular formula is C21H22F2N2O3. The van der Waals surface area contributed by atoms with Crippen LogP contribution in [0.2, 0.25) is 0 Å². The average Bonchev–Trinajstić information content (AvgIpc) is 3.05. The van der Waals surface area contributed by atoms with Gasteiger partial charge in [-0.25, -0.2) is 8.78 Å². The number of carbonyl (C=O) groups excluding carboxylic acids is 2. The van der Waals surface area contributed by atoms with Gasteiger partial charge in [0.1, 0.15) is 0 Å². The minimum atomic E-state index is -1.17. The standard InChI is InChI=1S/C21H22F2N2O3/c1-12-4-3-5-18(13(12)2)25-11-15(9-20(25)27)21(28)24-10-19(26)14-6-7-16(22)17(23)8-14/h3-8,15,19,26H,9-11H2,1-2H3,(H,24,28)/t15-,19+/m0/s1. The van der Waals surface area contributed by atoms with Gasteiger partial charge in [0.25, 0.3) is 0 Å². The van der Waals surface area contributed by atoms with Gasteiger partial charge in [-0.15, -0.1) is 0 Å². The third kappa shape index (κ3) is 4.04. The van der Waals surface area contributed by atoms with E-state index in [0.29, 0.717) is 0 Å². The Labute approximate surface area is 162 Å². The molecule has 0 saturated carbocycles. The molecule has 2 atom stereocenters. The number of halogens is 2. The van der Waals surface area contributed by atoms with Crippen LogP contribution < -0.4 is 10.2 Å². The fraction of sp³-hybridized carbons (Fsp3) is 0.333. The van der Waals surface area contributed by atoms with Crippen LogP contribution in [0.1, 0.15) is 29.2 Å². The third-order valence-corrected chi connectivity index (χ3v) is 5.16. The fourth-order valence-corrected chi connectivity index (χ4v) is 3.32. The van der Waals surface area contributed by atoms with E-state index in [1.165, 1.54) is 6.07 Å². The van der Waals surface area contributed by atoms with Crippen molar-refractivity contribution in [1.82, 2.24) is 5.32 Å². The summed E-state index contributed by atoms with van der Waals surface area (Å²) in [5.74, 6) is -3.09. The maximum atomic E-state index is 13.3. The van der Waals surface area contributed by atoms with Gasteiger partial charge in [-0.05, 0) is 48.7 Å². The Kier molecular flexibility index (Phi) is 5.74. The lowest BCUT2D eigenvalue weighted by molar-refractivity contribution is -0.126. The minimum Gasteiger partial charge on any atom is -0.387 e. The van der Waals surface area contributed by atoms with Crippen LogP contribution in [0.4, 0.5) is 14.5 Å². The van der Waals surface area contributed by atoms with Gasteiger partial charge in [0.2, 0.25) is 11.8 Å². The van der Waals surface area contributed by atoms with Crippen molar-refractivity contribution in [2.75, 3.05) is 18.0 Å². The quantitative estimate of drug-likeness (QED) is 0.828. The van der Waals surface area contributed by atoms with Gasteiger partial charge in [-0.3, -0.25) is 9.59 Å². The summed E-state index contributed by atoms with van der Waals surface area (Å²) in [6.45, 7) is 4.00. The number of hydrogen-bond donors (Lipinski definition) is 2. The molecule has 0 unspecified atom stereocenters. The lowest BCUT2D eigenvalue weighted by atomic mass is 10.1. The van der Waals surface area contributed by atoms with Crippen LogP contribution in [0.25, 0.3) is 0 Å². The normalized spacial score (nSPS) is 17.7. The van der Waals surface area contributed by atoms with E-state index in [4.69, 9.17) is 0 Å². The Morgan fingerprint density at radius 2 is 2.00 bits per heavy atom. The molecule has 0 aromatic heterocycles. The Balaban J connectivity index is 1.61. The second-order valence-corrected chi connectivity index (χ2v) is 7.06. The highest BCUT2D eigenvalue weighted by Gasteiger charge is 2.35. The van der Waals surface area contributed by atoms with E-state index in [-0.39, 0.29) is 36.9 Å². The van der Waals surface area contributed by atoms with E-state index in [1.807, 2.05) is 32.0 Å².